The average Bonchev–Trinajstić information content (AvgIpc) is 2.59. The predicted molar refractivity (Wildman–Crippen MR) is 71.9 cm³/mol. The van der Waals surface area contributed by atoms with Crippen molar-refractivity contribution in [1.82, 2.24) is 0 Å². The van der Waals surface area contributed by atoms with Crippen LogP contribution in [0.25, 0.3) is 0 Å². The molecule has 1 atom stereocenters. The van der Waals surface area contributed by atoms with E-state index in [0.29, 0.717) is 6.04 Å². The maximum Gasteiger partial charge on any atom is 0.0468 e. The molecule has 1 unspecified atom stereocenters. The summed E-state index contributed by atoms with van der Waals surface area (Å²) in [4.78, 5) is 0. The molecule has 2 N–H and O–H groups in total. The third kappa shape index (κ3) is 4.97. The van der Waals surface area contributed by atoms with Gasteiger partial charge in [0.25, 0.3) is 0 Å². The van der Waals surface area contributed by atoms with Crippen LogP contribution in [0, 0.1) is 11.8 Å². The Morgan fingerprint density at radius 2 is 1.35 bits per heavy atom. The topological polar surface area (TPSA) is 35.2 Å². The molecule has 0 bridgehead atoms. The van der Waals surface area contributed by atoms with Gasteiger partial charge in [0.15, 0.2) is 0 Å². The first-order valence-corrected chi connectivity index (χ1v) is 7.68. The highest BCUT2D eigenvalue weighted by molar-refractivity contribution is 4.75. The average molecular weight is 239 g/mol. The van der Waals surface area contributed by atoms with E-state index in [1.807, 2.05) is 0 Å². The van der Waals surface area contributed by atoms with Crippen molar-refractivity contribution < 1.29 is 4.74 Å². The summed E-state index contributed by atoms with van der Waals surface area (Å²) in [6.07, 6.45) is 13.6. The van der Waals surface area contributed by atoms with E-state index in [4.69, 9.17) is 10.5 Å². The van der Waals surface area contributed by atoms with Crippen molar-refractivity contribution in [2.24, 2.45) is 17.6 Å². The van der Waals surface area contributed by atoms with Gasteiger partial charge in [0.2, 0.25) is 0 Å². The molecule has 1 saturated carbocycles. The van der Waals surface area contributed by atoms with E-state index in [-0.39, 0.29) is 0 Å². The van der Waals surface area contributed by atoms with E-state index in [0.717, 1.165) is 25.0 Å². The standard InChI is InChI=1S/C15H29NO/c16-15(12-14-7-9-17-10-8-14)11-13-5-3-1-2-4-6-13/h13-15H,1-12,16H2. The monoisotopic (exact) mass is 239 g/mol. The van der Waals surface area contributed by atoms with Gasteiger partial charge in [0.1, 0.15) is 0 Å². The van der Waals surface area contributed by atoms with Gasteiger partial charge in [0, 0.05) is 19.3 Å². The zero-order valence-electron chi connectivity index (χ0n) is 11.2. The van der Waals surface area contributed by atoms with Crippen LogP contribution in [-0.2, 0) is 4.74 Å². The molecule has 0 amide bonds. The molecule has 1 heterocycles. The molecular weight excluding hydrogens is 210 g/mol. The number of rotatable bonds is 4. The number of nitrogens with two attached hydrogens (primary N) is 1. The highest BCUT2D eigenvalue weighted by Crippen LogP contribution is 2.28. The first-order chi connectivity index (χ1) is 8.34. The van der Waals surface area contributed by atoms with E-state index in [1.54, 1.807) is 0 Å². The fraction of sp³-hybridized carbons (Fsp3) is 1.00. The van der Waals surface area contributed by atoms with Crippen LogP contribution in [0.3, 0.4) is 0 Å². The van der Waals surface area contributed by atoms with E-state index < -0.39 is 0 Å². The van der Waals surface area contributed by atoms with Crippen LogP contribution >= 0.6 is 0 Å². The minimum Gasteiger partial charge on any atom is -0.381 e. The van der Waals surface area contributed by atoms with Crippen molar-refractivity contribution in [3.63, 3.8) is 0 Å². The Balaban J connectivity index is 1.66. The van der Waals surface area contributed by atoms with Gasteiger partial charge in [0.05, 0.1) is 0 Å². The zero-order valence-corrected chi connectivity index (χ0v) is 11.2. The maximum atomic E-state index is 6.35. The first-order valence-electron chi connectivity index (χ1n) is 7.68. The Kier molecular flexibility index (Phi) is 5.79. The summed E-state index contributed by atoms with van der Waals surface area (Å²) < 4.78 is 5.41. The van der Waals surface area contributed by atoms with Crippen LogP contribution in [0.2, 0.25) is 0 Å². The molecule has 0 aromatic rings. The molecule has 0 spiro atoms. The summed E-state index contributed by atoms with van der Waals surface area (Å²) in [5.41, 5.74) is 6.35. The van der Waals surface area contributed by atoms with Gasteiger partial charge in [-0.05, 0) is 37.5 Å². The van der Waals surface area contributed by atoms with Gasteiger partial charge < -0.3 is 10.5 Å². The first kappa shape index (κ1) is 13.4. The lowest BCUT2D eigenvalue weighted by Crippen LogP contribution is -2.29. The Hall–Kier alpha value is -0.0800. The largest absolute Gasteiger partial charge is 0.381 e. The summed E-state index contributed by atoms with van der Waals surface area (Å²) in [5, 5.41) is 0. The number of hydrogen-bond acceptors (Lipinski definition) is 2. The fourth-order valence-corrected chi connectivity index (χ4v) is 3.53. The van der Waals surface area contributed by atoms with E-state index in [9.17, 15) is 0 Å². The van der Waals surface area contributed by atoms with Crippen LogP contribution in [0.15, 0.2) is 0 Å². The van der Waals surface area contributed by atoms with Gasteiger partial charge in [-0.25, -0.2) is 0 Å². The normalized spacial score (nSPS) is 26.6. The Morgan fingerprint density at radius 1 is 0.824 bits per heavy atom. The lowest BCUT2D eigenvalue weighted by atomic mass is 9.86. The SMILES string of the molecule is NC(CC1CCCCCC1)CC1CCOCC1. The molecule has 17 heavy (non-hydrogen) atoms. The number of ether oxygens (including phenoxy) is 1. The molecule has 2 fully saturated rings. The highest BCUT2D eigenvalue weighted by Gasteiger charge is 2.20. The summed E-state index contributed by atoms with van der Waals surface area (Å²) in [5.74, 6) is 1.76. The van der Waals surface area contributed by atoms with Crippen LogP contribution in [0.1, 0.15) is 64.2 Å². The van der Waals surface area contributed by atoms with Gasteiger partial charge >= 0.3 is 0 Å². The lowest BCUT2D eigenvalue weighted by Gasteiger charge is -2.26. The molecule has 2 rings (SSSR count). The van der Waals surface area contributed by atoms with Crippen molar-refractivity contribution in [2.45, 2.75) is 70.3 Å². The van der Waals surface area contributed by atoms with Crippen LogP contribution in [-0.4, -0.2) is 19.3 Å². The van der Waals surface area contributed by atoms with Crippen molar-refractivity contribution in [1.29, 1.82) is 0 Å². The zero-order chi connectivity index (χ0) is 11.9. The predicted octanol–water partition coefficient (Wildman–Crippen LogP) is 3.49. The third-order valence-corrected chi connectivity index (χ3v) is 4.59. The van der Waals surface area contributed by atoms with Gasteiger partial charge in [-0.2, -0.15) is 0 Å². The van der Waals surface area contributed by atoms with Crippen LogP contribution < -0.4 is 5.73 Å². The second-order valence-corrected chi connectivity index (χ2v) is 6.14. The molecule has 0 aromatic carbocycles. The summed E-state index contributed by atoms with van der Waals surface area (Å²) in [6, 6.07) is 0.446. The summed E-state index contributed by atoms with van der Waals surface area (Å²) in [6.45, 7) is 1.92. The van der Waals surface area contributed by atoms with Crippen molar-refractivity contribution in [2.75, 3.05) is 13.2 Å². The molecule has 1 aliphatic carbocycles. The Morgan fingerprint density at radius 3 is 1.94 bits per heavy atom. The second-order valence-electron chi connectivity index (χ2n) is 6.14. The lowest BCUT2D eigenvalue weighted by molar-refractivity contribution is 0.0609. The van der Waals surface area contributed by atoms with Gasteiger partial charge in [-0.3, -0.25) is 0 Å². The fourth-order valence-electron chi connectivity index (χ4n) is 3.53. The Bertz CT molecular complexity index is 193. The summed E-state index contributed by atoms with van der Waals surface area (Å²) in [7, 11) is 0. The quantitative estimate of drug-likeness (QED) is 0.762. The van der Waals surface area contributed by atoms with Crippen LogP contribution in [0.4, 0.5) is 0 Å². The molecule has 1 aliphatic heterocycles. The van der Waals surface area contributed by atoms with Gasteiger partial charge in [-0.1, -0.05) is 38.5 Å². The van der Waals surface area contributed by atoms with Gasteiger partial charge in [-0.15, -0.1) is 0 Å². The van der Waals surface area contributed by atoms with E-state index in [1.165, 1.54) is 64.2 Å². The molecule has 100 valence electrons. The number of hydrogen-bond donors (Lipinski definition) is 1. The van der Waals surface area contributed by atoms with Crippen molar-refractivity contribution in [3.8, 4) is 0 Å². The Labute approximate surface area is 106 Å². The molecular formula is C15H29NO. The highest BCUT2D eigenvalue weighted by atomic mass is 16.5. The molecule has 2 aliphatic rings. The molecule has 2 nitrogen and oxygen atoms in total. The van der Waals surface area contributed by atoms with Crippen molar-refractivity contribution >= 4 is 0 Å². The maximum absolute atomic E-state index is 6.35. The van der Waals surface area contributed by atoms with Crippen molar-refractivity contribution in [3.05, 3.63) is 0 Å². The summed E-state index contributed by atoms with van der Waals surface area (Å²) >= 11 is 0. The molecule has 0 aromatic heterocycles. The minimum atomic E-state index is 0.446. The molecule has 0 radical (unpaired) electrons. The second kappa shape index (κ2) is 7.38. The smallest absolute Gasteiger partial charge is 0.0468 e. The molecule has 2 heteroatoms. The van der Waals surface area contributed by atoms with E-state index in [2.05, 4.69) is 0 Å². The van der Waals surface area contributed by atoms with E-state index >= 15 is 0 Å². The van der Waals surface area contributed by atoms with Crippen LogP contribution in [0.5, 0.6) is 0 Å². The third-order valence-electron chi connectivity index (χ3n) is 4.59. The minimum absolute atomic E-state index is 0.446. The molecule has 1 saturated heterocycles.